The van der Waals surface area contributed by atoms with Crippen LogP contribution in [0.4, 0.5) is 0 Å². The second-order valence-electron chi connectivity index (χ2n) is 5.30. The summed E-state index contributed by atoms with van der Waals surface area (Å²) in [4.78, 5) is 0. The van der Waals surface area contributed by atoms with Crippen LogP contribution in [-0.2, 0) is 0 Å². The second-order valence-corrected chi connectivity index (χ2v) is 5.30. The first-order chi connectivity index (χ1) is 8.90. The highest BCUT2D eigenvalue weighted by molar-refractivity contribution is 5.97. The van der Waals surface area contributed by atoms with Crippen LogP contribution in [0.15, 0.2) is 50.1 Å². The minimum Gasteiger partial charge on any atom is -0.0955 e. The molecule has 0 N–H and O–H groups in total. The van der Waals surface area contributed by atoms with E-state index in [9.17, 15) is 0 Å². The zero-order chi connectivity index (χ0) is 14.2. The van der Waals surface area contributed by atoms with Crippen LogP contribution in [0.3, 0.4) is 0 Å². The van der Waals surface area contributed by atoms with Crippen molar-refractivity contribution in [3.05, 3.63) is 66.8 Å². The third-order valence-corrected chi connectivity index (χ3v) is 3.40. The largest absolute Gasteiger partial charge is 0.0955 e. The Morgan fingerprint density at radius 2 is 1.37 bits per heavy atom. The van der Waals surface area contributed by atoms with E-state index < -0.39 is 0 Å². The Hall–Kier alpha value is -2.08. The van der Waals surface area contributed by atoms with Crippen molar-refractivity contribution in [2.24, 2.45) is 0 Å². The number of benzene rings is 2. The number of hydrogen-bond acceptors (Lipinski definition) is 0. The summed E-state index contributed by atoms with van der Waals surface area (Å²) in [7, 11) is 0. The van der Waals surface area contributed by atoms with Gasteiger partial charge in [0.15, 0.2) is 0 Å². The molecule has 96 valence electrons. The molecule has 0 heterocycles. The van der Waals surface area contributed by atoms with Crippen LogP contribution < -0.4 is 0 Å². The summed E-state index contributed by atoms with van der Waals surface area (Å²) in [6.07, 6.45) is 0. The molecule has 0 amide bonds. The molecule has 0 saturated heterocycles. The first-order valence-electron chi connectivity index (χ1n) is 6.45. The van der Waals surface area contributed by atoms with E-state index >= 15 is 0 Å². The molecule has 0 heteroatoms. The van der Waals surface area contributed by atoms with Crippen molar-refractivity contribution in [1.82, 2.24) is 0 Å². The van der Waals surface area contributed by atoms with Gasteiger partial charge in [0, 0.05) is 0 Å². The zero-order valence-electron chi connectivity index (χ0n) is 12.0. The molecule has 0 aliphatic heterocycles. The van der Waals surface area contributed by atoms with Gasteiger partial charge < -0.3 is 0 Å². The lowest BCUT2D eigenvalue weighted by Gasteiger charge is -2.12. The van der Waals surface area contributed by atoms with Gasteiger partial charge in [-0.25, -0.2) is 0 Å². The average molecular weight is 248 g/mol. The summed E-state index contributed by atoms with van der Waals surface area (Å²) in [5.74, 6) is 0. The van der Waals surface area contributed by atoms with E-state index in [1.54, 1.807) is 0 Å². The number of fused-ring (bicyclic) bond motifs is 1. The maximum atomic E-state index is 4.10. The Labute approximate surface area is 115 Å². The van der Waals surface area contributed by atoms with Crippen molar-refractivity contribution in [1.29, 1.82) is 0 Å². The van der Waals surface area contributed by atoms with Gasteiger partial charge in [0.05, 0.1) is 0 Å². The smallest absolute Gasteiger partial charge is 0.0103 e. The Morgan fingerprint density at radius 1 is 0.737 bits per heavy atom. The van der Waals surface area contributed by atoms with Gasteiger partial charge >= 0.3 is 0 Å². The van der Waals surface area contributed by atoms with E-state index in [1.165, 1.54) is 27.5 Å². The summed E-state index contributed by atoms with van der Waals surface area (Å²) in [5.41, 5.74) is 6.78. The molecule has 0 aliphatic carbocycles. The molecule has 0 bridgehead atoms. The normalized spacial score (nSPS) is 10.5. The molecule has 0 atom stereocenters. The van der Waals surface area contributed by atoms with Crippen LogP contribution in [0, 0.1) is 0 Å². The molecule has 2 aromatic rings. The van der Waals surface area contributed by atoms with Crippen molar-refractivity contribution < 1.29 is 0 Å². The van der Waals surface area contributed by atoms with E-state index in [4.69, 9.17) is 0 Å². The minimum absolute atomic E-state index is 1.08. The predicted molar refractivity (Wildman–Crippen MR) is 88.1 cm³/mol. The summed E-state index contributed by atoms with van der Waals surface area (Å²) >= 11 is 0. The lowest BCUT2D eigenvalue weighted by Crippen LogP contribution is -1.89. The maximum Gasteiger partial charge on any atom is -0.0103 e. The molecule has 0 radical (unpaired) electrons. The van der Waals surface area contributed by atoms with E-state index in [-0.39, 0.29) is 0 Å². The van der Waals surface area contributed by atoms with Gasteiger partial charge in [-0.2, -0.15) is 0 Å². The molecule has 0 saturated carbocycles. The van der Waals surface area contributed by atoms with Crippen LogP contribution in [0.5, 0.6) is 0 Å². The van der Waals surface area contributed by atoms with Gasteiger partial charge in [0.25, 0.3) is 0 Å². The van der Waals surface area contributed by atoms with Gasteiger partial charge in [-0.1, -0.05) is 48.6 Å². The van der Waals surface area contributed by atoms with E-state index in [0.29, 0.717) is 0 Å². The van der Waals surface area contributed by atoms with Crippen LogP contribution in [-0.4, -0.2) is 0 Å². The molecule has 2 rings (SSSR count). The standard InChI is InChI=1S/C19H20/c1-12(2)15-7-8-16-9-17(13(3)4)11-18(14(5)6)19(16)10-15/h7-11H,1,3,5H2,2,4,6H3. The quantitative estimate of drug-likeness (QED) is 0.630. The molecule has 0 fully saturated rings. The minimum atomic E-state index is 1.08. The molecule has 2 aromatic carbocycles. The van der Waals surface area contributed by atoms with Gasteiger partial charge in [0.2, 0.25) is 0 Å². The monoisotopic (exact) mass is 248 g/mol. The van der Waals surface area contributed by atoms with Crippen LogP contribution in [0.2, 0.25) is 0 Å². The highest BCUT2D eigenvalue weighted by atomic mass is 14.1. The molecule has 0 spiro atoms. The number of allylic oxidation sites excluding steroid dienone is 3. The van der Waals surface area contributed by atoms with Crippen LogP contribution >= 0.6 is 0 Å². The Balaban J connectivity index is 2.83. The summed E-state index contributed by atoms with van der Waals surface area (Å²) in [6.45, 7) is 18.3. The lowest BCUT2D eigenvalue weighted by molar-refractivity contribution is 1.55. The first kappa shape index (κ1) is 13.4. The zero-order valence-corrected chi connectivity index (χ0v) is 12.0. The highest BCUT2D eigenvalue weighted by Crippen LogP contribution is 2.30. The highest BCUT2D eigenvalue weighted by Gasteiger charge is 2.07. The molecular weight excluding hydrogens is 228 g/mol. The van der Waals surface area contributed by atoms with E-state index in [1.807, 2.05) is 20.8 Å². The number of rotatable bonds is 3. The topological polar surface area (TPSA) is 0 Å². The average Bonchev–Trinajstić information content (AvgIpc) is 2.36. The number of hydrogen-bond donors (Lipinski definition) is 0. The van der Waals surface area contributed by atoms with E-state index in [0.717, 1.165) is 16.7 Å². The molecule has 19 heavy (non-hydrogen) atoms. The third-order valence-electron chi connectivity index (χ3n) is 3.40. The Kier molecular flexibility index (Phi) is 3.44. The summed E-state index contributed by atoms with van der Waals surface area (Å²) in [6, 6.07) is 10.8. The molecular formula is C19H20. The third kappa shape index (κ3) is 2.53. The maximum absolute atomic E-state index is 4.10. The SMILES string of the molecule is C=C(C)c1cc(C(=C)C)c2cc(C(=C)C)ccc2c1. The molecule has 0 aromatic heterocycles. The van der Waals surface area contributed by atoms with Gasteiger partial charge in [-0.3, -0.25) is 0 Å². The fourth-order valence-corrected chi connectivity index (χ4v) is 2.22. The molecule has 0 unspecified atom stereocenters. The fraction of sp³-hybridized carbons (Fsp3) is 0.158. The van der Waals surface area contributed by atoms with Crippen molar-refractivity contribution >= 4 is 27.5 Å². The van der Waals surface area contributed by atoms with Gasteiger partial charge in [0.1, 0.15) is 0 Å². The predicted octanol–water partition coefficient (Wildman–Crippen LogP) is 5.94. The van der Waals surface area contributed by atoms with Crippen molar-refractivity contribution in [2.45, 2.75) is 20.8 Å². The fourth-order valence-electron chi connectivity index (χ4n) is 2.22. The molecule has 0 aliphatic rings. The Bertz CT molecular complexity index is 699. The summed E-state index contributed by atoms with van der Waals surface area (Å²) < 4.78 is 0. The lowest BCUT2D eigenvalue weighted by atomic mass is 9.93. The van der Waals surface area contributed by atoms with Crippen LogP contribution in [0.1, 0.15) is 37.5 Å². The first-order valence-corrected chi connectivity index (χ1v) is 6.45. The van der Waals surface area contributed by atoms with Crippen molar-refractivity contribution in [3.8, 4) is 0 Å². The van der Waals surface area contributed by atoms with Crippen molar-refractivity contribution in [3.63, 3.8) is 0 Å². The van der Waals surface area contributed by atoms with Gasteiger partial charge in [-0.05, 0) is 66.4 Å². The second kappa shape index (κ2) is 4.89. The van der Waals surface area contributed by atoms with E-state index in [2.05, 4.69) is 50.1 Å². The van der Waals surface area contributed by atoms with Crippen LogP contribution in [0.25, 0.3) is 27.5 Å². The Morgan fingerprint density at radius 3 is 1.89 bits per heavy atom. The molecule has 0 nitrogen and oxygen atoms in total. The van der Waals surface area contributed by atoms with Crippen molar-refractivity contribution in [2.75, 3.05) is 0 Å². The summed E-state index contributed by atoms with van der Waals surface area (Å²) in [5, 5.41) is 2.46. The van der Waals surface area contributed by atoms with Gasteiger partial charge in [-0.15, -0.1) is 0 Å².